The highest BCUT2D eigenvalue weighted by Crippen LogP contribution is 2.35. The summed E-state index contributed by atoms with van der Waals surface area (Å²) in [6.07, 6.45) is 7.57. The maximum absolute atomic E-state index is 9.50. The minimum atomic E-state index is 0.0261. The lowest BCUT2D eigenvalue weighted by atomic mass is 9.82. The smallest absolute Gasteiger partial charge is 0.119 e. The first kappa shape index (κ1) is 13.0. The van der Waals surface area contributed by atoms with Crippen molar-refractivity contribution in [1.29, 1.82) is 5.26 Å². The van der Waals surface area contributed by atoms with E-state index in [1.807, 2.05) is 18.2 Å². The summed E-state index contributed by atoms with van der Waals surface area (Å²) in [5.74, 6) is 1.39. The van der Waals surface area contributed by atoms with Gasteiger partial charge in [0.2, 0.25) is 0 Å². The second-order valence-corrected chi connectivity index (χ2v) is 5.14. The monoisotopic (exact) mass is 243 g/mol. The molecule has 1 unspecified atom stereocenters. The van der Waals surface area contributed by atoms with E-state index in [2.05, 4.69) is 12.1 Å². The molecule has 2 nitrogen and oxygen atoms in total. The summed E-state index contributed by atoms with van der Waals surface area (Å²) in [5, 5.41) is 9.50. The Bertz CT molecular complexity index is 413. The molecular formula is C16H21NO. The molecule has 1 aromatic carbocycles. The predicted octanol–water partition coefficient (Wildman–Crippen LogP) is 4.27. The number of nitrogens with zero attached hydrogens (tertiary/aromatic N) is 1. The van der Waals surface area contributed by atoms with E-state index in [4.69, 9.17) is 4.74 Å². The zero-order valence-corrected chi connectivity index (χ0v) is 11.1. The summed E-state index contributed by atoms with van der Waals surface area (Å²) < 4.78 is 5.25. The molecule has 1 aliphatic rings. The van der Waals surface area contributed by atoms with Crippen molar-refractivity contribution in [2.45, 2.75) is 44.4 Å². The molecule has 0 bridgehead atoms. The first-order valence-electron chi connectivity index (χ1n) is 6.88. The fourth-order valence-corrected chi connectivity index (χ4v) is 2.93. The van der Waals surface area contributed by atoms with E-state index >= 15 is 0 Å². The van der Waals surface area contributed by atoms with Gasteiger partial charge < -0.3 is 4.74 Å². The van der Waals surface area contributed by atoms with Gasteiger partial charge in [-0.15, -0.1) is 0 Å². The molecule has 0 heterocycles. The lowest BCUT2D eigenvalue weighted by Crippen LogP contribution is -2.11. The third-order valence-electron chi connectivity index (χ3n) is 3.96. The van der Waals surface area contributed by atoms with Crippen molar-refractivity contribution in [3.8, 4) is 11.8 Å². The van der Waals surface area contributed by atoms with Crippen molar-refractivity contribution in [3.05, 3.63) is 29.8 Å². The van der Waals surface area contributed by atoms with Crippen molar-refractivity contribution in [2.75, 3.05) is 7.11 Å². The Kier molecular flexibility index (Phi) is 4.64. The van der Waals surface area contributed by atoms with Crippen molar-refractivity contribution in [3.63, 3.8) is 0 Å². The third kappa shape index (κ3) is 3.04. The Hall–Kier alpha value is -1.49. The van der Waals surface area contributed by atoms with Crippen LogP contribution in [0.15, 0.2) is 24.3 Å². The summed E-state index contributed by atoms with van der Waals surface area (Å²) in [5.41, 5.74) is 1.11. The molecular weight excluding hydrogens is 222 g/mol. The first-order chi connectivity index (χ1) is 8.85. The van der Waals surface area contributed by atoms with Crippen LogP contribution in [0.25, 0.3) is 0 Å². The van der Waals surface area contributed by atoms with Gasteiger partial charge in [0.05, 0.1) is 19.1 Å². The van der Waals surface area contributed by atoms with Crippen LogP contribution in [0.1, 0.15) is 50.0 Å². The topological polar surface area (TPSA) is 33.0 Å². The maximum atomic E-state index is 9.50. The Morgan fingerprint density at radius 3 is 2.56 bits per heavy atom. The Morgan fingerprint density at radius 2 is 1.94 bits per heavy atom. The van der Waals surface area contributed by atoms with Gasteiger partial charge in [0.1, 0.15) is 5.75 Å². The van der Waals surface area contributed by atoms with Crippen LogP contribution in [-0.4, -0.2) is 7.11 Å². The van der Waals surface area contributed by atoms with Gasteiger partial charge in [-0.2, -0.15) is 5.26 Å². The summed E-state index contributed by atoms with van der Waals surface area (Å²) in [4.78, 5) is 0. The average molecular weight is 243 g/mol. The Balaban J connectivity index is 2.18. The van der Waals surface area contributed by atoms with E-state index in [-0.39, 0.29) is 5.92 Å². The summed E-state index contributed by atoms with van der Waals surface area (Å²) in [6, 6.07) is 10.5. The highest BCUT2D eigenvalue weighted by Gasteiger charge is 2.24. The van der Waals surface area contributed by atoms with Crippen LogP contribution < -0.4 is 4.74 Å². The largest absolute Gasteiger partial charge is 0.497 e. The molecule has 0 spiro atoms. The van der Waals surface area contributed by atoms with Gasteiger partial charge in [-0.3, -0.25) is 0 Å². The van der Waals surface area contributed by atoms with Crippen molar-refractivity contribution in [2.24, 2.45) is 5.92 Å². The summed E-state index contributed by atoms with van der Waals surface area (Å²) in [7, 11) is 1.67. The van der Waals surface area contributed by atoms with Crippen LogP contribution in [0.4, 0.5) is 0 Å². The van der Waals surface area contributed by atoms with E-state index in [1.165, 1.54) is 38.5 Å². The highest BCUT2D eigenvalue weighted by atomic mass is 16.5. The molecule has 1 aromatic rings. The van der Waals surface area contributed by atoms with Gasteiger partial charge >= 0.3 is 0 Å². The minimum Gasteiger partial charge on any atom is -0.497 e. The molecule has 1 fully saturated rings. The quantitative estimate of drug-likeness (QED) is 0.743. The van der Waals surface area contributed by atoms with E-state index in [1.54, 1.807) is 7.11 Å². The summed E-state index contributed by atoms with van der Waals surface area (Å²) >= 11 is 0. The van der Waals surface area contributed by atoms with Gasteiger partial charge in [0.25, 0.3) is 0 Å². The van der Waals surface area contributed by atoms with Crippen LogP contribution in [-0.2, 0) is 0 Å². The molecule has 1 aliphatic carbocycles. The van der Waals surface area contributed by atoms with Crippen LogP contribution in [0.2, 0.25) is 0 Å². The fraction of sp³-hybridized carbons (Fsp3) is 0.562. The fourth-order valence-electron chi connectivity index (χ4n) is 2.93. The standard InChI is InChI=1S/C16H21NO/c1-18-15-10-6-9-14(11-15)16(12-17)13-7-4-2-3-5-8-13/h6,9-11,13,16H,2-5,7-8H2,1H3. The second kappa shape index (κ2) is 6.44. The minimum absolute atomic E-state index is 0.0261. The van der Waals surface area contributed by atoms with Gasteiger partial charge in [-0.05, 0) is 36.5 Å². The normalized spacial score (nSPS) is 18.7. The average Bonchev–Trinajstić information content (AvgIpc) is 2.69. The third-order valence-corrected chi connectivity index (χ3v) is 3.96. The lowest BCUT2D eigenvalue weighted by molar-refractivity contribution is 0.407. The first-order valence-corrected chi connectivity index (χ1v) is 6.88. The molecule has 0 aliphatic heterocycles. The van der Waals surface area contributed by atoms with E-state index in [0.717, 1.165) is 11.3 Å². The number of ether oxygens (including phenoxy) is 1. The Labute approximate surface area is 110 Å². The maximum Gasteiger partial charge on any atom is 0.119 e. The highest BCUT2D eigenvalue weighted by molar-refractivity contribution is 5.34. The molecule has 0 saturated heterocycles. The molecule has 0 aromatic heterocycles. The number of rotatable bonds is 3. The molecule has 2 rings (SSSR count). The van der Waals surface area contributed by atoms with Gasteiger partial charge in [-0.1, -0.05) is 37.8 Å². The molecule has 0 radical (unpaired) electrons. The van der Waals surface area contributed by atoms with Crippen LogP contribution in [0, 0.1) is 17.2 Å². The molecule has 0 amide bonds. The van der Waals surface area contributed by atoms with Crippen LogP contribution in [0.3, 0.4) is 0 Å². The van der Waals surface area contributed by atoms with Crippen LogP contribution in [0.5, 0.6) is 5.75 Å². The second-order valence-electron chi connectivity index (χ2n) is 5.14. The molecule has 1 saturated carbocycles. The molecule has 18 heavy (non-hydrogen) atoms. The van der Waals surface area contributed by atoms with Gasteiger partial charge in [-0.25, -0.2) is 0 Å². The van der Waals surface area contributed by atoms with Crippen molar-refractivity contribution in [1.82, 2.24) is 0 Å². The predicted molar refractivity (Wildman–Crippen MR) is 72.5 cm³/mol. The SMILES string of the molecule is COc1cccc(C(C#N)C2CCCCCC2)c1. The number of hydrogen-bond donors (Lipinski definition) is 0. The van der Waals surface area contributed by atoms with Gasteiger partial charge in [0, 0.05) is 0 Å². The van der Waals surface area contributed by atoms with Crippen molar-refractivity contribution >= 4 is 0 Å². The van der Waals surface area contributed by atoms with E-state index < -0.39 is 0 Å². The number of nitriles is 1. The molecule has 1 atom stereocenters. The molecule has 2 heteroatoms. The van der Waals surface area contributed by atoms with Crippen LogP contribution >= 0.6 is 0 Å². The van der Waals surface area contributed by atoms with E-state index in [9.17, 15) is 5.26 Å². The molecule has 0 N–H and O–H groups in total. The zero-order chi connectivity index (χ0) is 12.8. The Morgan fingerprint density at radius 1 is 1.22 bits per heavy atom. The lowest BCUT2D eigenvalue weighted by Gasteiger charge is -2.20. The number of hydrogen-bond acceptors (Lipinski definition) is 2. The number of benzene rings is 1. The molecule has 96 valence electrons. The van der Waals surface area contributed by atoms with Crippen molar-refractivity contribution < 1.29 is 4.74 Å². The van der Waals surface area contributed by atoms with E-state index in [0.29, 0.717) is 5.92 Å². The zero-order valence-electron chi connectivity index (χ0n) is 11.1. The van der Waals surface area contributed by atoms with Gasteiger partial charge in [0.15, 0.2) is 0 Å². The number of methoxy groups -OCH3 is 1. The summed E-state index contributed by atoms with van der Waals surface area (Å²) in [6.45, 7) is 0.